The number of nitrogens with one attached hydrogen (secondary N) is 2. The first-order valence-electron chi connectivity index (χ1n) is 11.8. The van der Waals surface area contributed by atoms with Crippen LogP contribution in [0.4, 0.5) is 16.2 Å². The Morgan fingerprint density at radius 2 is 1.62 bits per heavy atom. The van der Waals surface area contributed by atoms with Crippen LogP contribution in [0.5, 0.6) is 11.5 Å². The minimum atomic E-state index is -0.846. The number of anilines is 2. The van der Waals surface area contributed by atoms with Crippen molar-refractivity contribution in [3.05, 3.63) is 86.3 Å². The molecule has 1 aliphatic heterocycles. The van der Waals surface area contributed by atoms with Gasteiger partial charge < -0.3 is 14.8 Å². The van der Waals surface area contributed by atoms with E-state index in [1.54, 1.807) is 48.5 Å². The van der Waals surface area contributed by atoms with Crippen molar-refractivity contribution in [2.45, 2.75) is 13.8 Å². The van der Waals surface area contributed by atoms with E-state index < -0.39 is 17.8 Å². The summed E-state index contributed by atoms with van der Waals surface area (Å²) < 4.78 is 12.1. The number of carbonyl (C=O) groups is 4. The van der Waals surface area contributed by atoms with Crippen LogP contribution in [0, 0.1) is 6.92 Å². The van der Waals surface area contributed by atoms with E-state index >= 15 is 0 Å². The first-order valence-corrected chi connectivity index (χ1v) is 13.4. The van der Waals surface area contributed by atoms with Gasteiger partial charge in [0.2, 0.25) is 0 Å². The molecule has 0 unspecified atom stereocenters. The van der Waals surface area contributed by atoms with E-state index in [0.29, 0.717) is 38.3 Å². The van der Waals surface area contributed by atoms with Gasteiger partial charge in [-0.3, -0.25) is 19.7 Å². The van der Waals surface area contributed by atoms with E-state index in [0.717, 1.165) is 10.5 Å². The summed E-state index contributed by atoms with van der Waals surface area (Å²) in [6.45, 7) is 4.03. The molecule has 3 aromatic carbocycles. The van der Waals surface area contributed by atoms with Crippen molar-refractivity contribution in [1.29, 1.82) is 0 Å². The van der Waals surface area contributed by atoms with Crippen LogP contribution >= 0.6 is 31.9 Å². The van der Waals surface area contributed by atoms with Crippen molar-refractivity contribution in [3.63, 3.8) is 0 Å². The molecule has 1 saturated heterocycles. The number of halogens is 2. The van der Waals surface area contributed by atoms with Crippen LogP contribution in [0.15, 0.2) is 75.2 Å². The Bertz CT molecular complexity index is 1450. The Hall–Kier alpha value is -3.96. The van der Waals surface area contributed by atoms with E-state index in [9.17, 15) is 19.2 Å². The highest BCUT2D eigenvalue weighted by Gasteiger charge is 2.36. The van der Waals surface area contributed by atoms with Crippen LogP contribution < -0.4 is 25.0 Å². The number of hydrogen-bond acceptors (Lipinski definition) is 6. The number of urea groups is 1. The molecule has 11 heteroatoms. The lowest BCUT2D eigenvalue weighted by Gasteiger charge is -2.26. The fourth-order valence-corrected chi connectivity index (χ4v) is 5.14. The Balaban J connectivity index is 1.50. The lowest BCUT2D eigenvalue weighted by molar-refractivity contribution is -0.122. The van der Waals surface area contributed by atoms with Crippen LogP contribution in [-0.2, 0) is 14.4 Å². The summed E-state index contributed by atoms with van der Waals surface area (Å²) >= 11 is 6.84. The molecule has 5 amide bonds. The largest absolute Gasteiger partial charge is 0.494 e. The lowest BCUT2D eigenvalue weighted by Crippen LogP contribution is -2.54. The SMILES string of the molecule is CCOc1ccc(N2C(=O)NC(=O)/C(=C\c3cc(Br)c(OCC(=O)Nc4ccc(C)cc4)c(Br)c3)C2=O)cc1. The molecule has 3 aromatic rings. The molecule has 0 radical (unpaired) electrons. The molecule has 0 aromatic heterocycles. The first kappa shape index (κ1) is 28.1. The average Bonchev–Trinajstić information content (AvgIpc) is 2.88. The fourth-order valence-electron chi connectivity index (χ4n) is 3.69. The van der Waals surface area contributed by atoms with E-state index in [-0.39, 0.29) is 23.8 Å². The van der Waals surface area contributed by atoms with Gasteiger partial charge in [-0.2, -0.15) is 0 Å². The molecular formula is C28H23Br2N3O6. The summed E-state index contributed by atoms with van der Waals surface area (Å²) in [6, 6.07) is 16.2. The van der Waals surface area contributed by atoms with Crippen LogP contribution in [0.2, 0.25) is 0 Å². The summed E-state index contributed by atoms with van der Waals surface area (Å²) in [6.07, 6.45) is 1.37. The Labute approximate surface area is 241 Å². The predicted octanol–water partition coefficient (Wildman–Crippen LogP) is 5.60. The van der Waals surface area contributed by atoms with E-state index in [2.05, 4.69) is 42.5 Å². The van der Waals surface area contributed by atoms with Gasteiger partial charge in [-0.05, 0) is 106 Å². The maximum absolute atomic E-state index is 13.2. The first-order chi connectivity index (χ1) is 18.7. The number of nitrogens with zero attached hydrogens (tertiary/aromatic N) is 1. The smallest absolute Gasteiger partial charge is 0.335 e. The molecule has 0 saturated carbocycles. The van der Waals surface area contributed by atoms with E-state index in [1.165, 1.54) is 6.08 Å². The molecular weight excluding hydrogens is 634 g/mol. The Morgan fingerprint density at radius 3 is 2.23 bits per heavy atom. The van der Waals surface area contributed by atoms with Crippen LogP contribution in [0.1, 0.15) is 18.1 Å². The minimum absolute atomic E-state index is 0.228. The molecule has 9 nitrogen and oxygen atoms in total. The summed E-state index contributed by atoms with van der Waals surface area (Å²) in [4.78, 5) is 51.4. The number of barbiturate groups is 1. The maximum Gasteiger partial charge on any atom is 0.335 e. The molecule has 4 rings (SSSR count). The molecule has 0 aliphatic carbocycles. The summed E-state index contributed by atoms with van der Waals surface area (Å²) in [5, 5.41) is 4.96. The second kappa shape index (κ2) is 12.3. The number of carbonyl (C=O) groups excluding carboxylic acids is 4. The second-order valence-electron chi connectivity index (χ2n) is 8.40. The number of benzene rings is 3. The van der Waals surface area contributed by atoms with Gasteiger partial charge in [0, 0.05) is 5.69 Å². The van der Waals surface area contributed by atoms with Crippen LogP contribution in [-0.4, -0.2) is 37.0 Å². The predicted molar refractivity (Wildman–Crippen MR) is 154 cm³/mol. The van der Waals surface area contributed by atoms with Crippen LogP contribution in [0.3, 0.4) is 0 Å². The Kier molecular flexibility index (Phi) is 8.82. The third-order valence-corrected chi connectivity index (χ3v) is 6.70. The number of hydrogen-bond donors (Lipinski definition) is 2. The summed E-state index contributed by atoms with van der Waals surface area (Å²) in [5.41, 5.74) is 2.27. The highest BCUT2D eigenvalue weighted by molar-refractivity contribution is 9.11. The number of aryl methyl sites for hydroxylation is 1. The molecule has 1 heterocycles. The highest BCUT2D eigenvalue weighted by atomic mass is 79.9. The monoisotopic (exact) mass is 655 g/mol. The van der Waals surface area contributed by atoms with Crippen molar-refractivity contribution in [2.75, 3.05) is 23.4 Å². The van der Waals surface area contributed by atoms with Gasteiger partial charge in [-0.25, -0.2) is 9.69 Å². The van der Waals surface area contributed by atoms with Gasteiger partial charge in [-0.1, -0.05) is 17.7 Å². The highest BCUT2D eigenvalue weighted by Crippen LogP contribution is 2.36. The zero-order valence-electron chi connectivity index (χ0n) is 20.9. The van der Waals surface area contributed by atoms with Crippen molar-refractivity contribution in [2.24, 2.45) is 0 Å². The van der Waals surface area contributed by atoms with Crippen molar-refractivity contribution in [1.82, 2.24) is 5.32 Å². The standard InChI is InChI=1S/C28H23Br2N3O6/c1-3-38-20-10-8-19(9-11-20)33-27(36)21(26(35)32-28(33)37)12-17-13-22(29)25(23(30)14-17)39-15-24(34)31-18-6-4-16(2)5-7-18/h4-14H,3,15H2,1-2H3,(H,31,34)(H,32,35,37)/b21-12+. The lowest BCUT2D eigenvalue weighted by atomic mass is 10.1. The number of imide groups is 2. The molecule has 0 atom stereocenters. The minimum Gasteiger partial charge on any atom is -0.494 e. The zero-order chi connectivity index (χ0) is 28.1. The number of ether oxygens (including phenoxy) is 2. The van der Waals surface area contributed by atoms with Gasteiger partial charge in [0.25, 0.3) is 17.7 Å². The molecule has 0 bridgehead atoms. The number of amides is 5. The van der Waals surface area contributed by atoms with Crippen molar-refractivity contribution >= 4 is 73.1 Å². The van der Waals surface area contributed by atoms with Crippen molar-refractivity contribution < 1.29 is 28.7 Å². The van der Waals surface area contributed by atoms with E-state index in [1.807, 2.05) is 26.0 Å². The fraction of sp³-hybridized carbons (Fsp3) is 0.143. The summed E-state index contributed by atoms with van der Waals surface area (Å²) in [5.74, 6) is -0.974. The third-order valence-electron chi connectivity index (χ3n) is 5.52. The van der Waals surface area contributed by atoms with Gasteiger partial charge in [0.15, 0.2) is 6.61 Å². The molecule has 2 N–H and O–H groups in total. The molecule has 39 heavy (non-hydrogen) atoms. The van der Waals surface area contributed by atoms with Gasteiger partial charge >= 0.3 is 6.03 Å². The van der Waals surface area contributed by atoms with E-state index in [4.69, 9.17) is 9.47 Å². The Morgan fingerprint density at radius 1 is 0.974 bits per heavy atom. The van der Waals surface area contributed by atoms with Gasteiger partial charge in [-0.15, -0.1) is 0 Å². The zero-order valence-corrected chi connectivity index (χ0v) is 24.1. The molecule has 200 valence electrons. The molecule has 0 spiro atoms. The van der Waals surface area contributed by atoms with Gasteiger partial charge in [0.05, 0.1) is 21.2 Å². The average molecular weight is 657 g/mol. The maximum atomic E-state index is 13.2. The van der Waals surface area contributed by atoms with Crippen molar-refractivity contribution in [3.8, 4) is 11.5 Å². The summed E-state index contributed by atoms with van der Waals surface area (Å²) in [7, 11) is 0. The normalized spacial score (nSPS) is 14.3. The quantitative estimate of drug-likeness (QED) is 0.241. The topological polar surface area (TPSA) is 114 Å². The van der Waals surface area contributed by atoms with Gasteiger partial charge in [0.1, 0.15) is 17.1 Å². The third kappa shape index (κ3) is 6.73. The second-order valence-corrected chi connectivity index (χ2v) is 10.1. The molecule has 1 fully saturated rings. The molecule has 1 aliphatic rings. The number of rotatable bonds is 8. The van der Waals surface area contributed by atoms with Crippen LogP contribution in [0.25, 0.3) is 6.08 Å².